The van der Waals surface area contributed by atoms with Crippen molar-refractivity contribution in [3.8, 4) is 0 Å². The van der Waals surface area contributed by atoms with E-state index in [-0.39, 0.29) is 47.9 Å². The number of rotatable bonds is 17. The van der Waals surface area contributed by atoms with Gasteiger partial charge in [0.05, 0.1) is 22.3 Å². The van der Waals surface area contributed by atoms with Gasteiger partial charge in [-0.2, -0.15) is 0 Å². The van der Waals surface area contributed by atoms with E-state index in [9.17, 15) is 24.0 Å². The summed E-state index contributed by atoms with van der Waals surface area (Å²) >= 11 is 0. The molecule has 298 valence electrons. The zero-order valence-electron chi connectivity index (χ0n) is 31.5. The van der Waals surface area contributed by atoms with Crippen LogP contribution in [0, 0.1) is 0 Å². The Hall–Kier alpha value is -6.63. The monoisotopic (exact) mass is 786 g/mol. The average molecular weight is 787 g/mol. The Bertz CT molecular complexity index is 2080. The van der Waals surface area contributed by atoms with Crippen LogP contribution in [0.25, 0.3) is 0 Å². The van der Waals surface area contributed by atoms with Crippen LogP contribution in [0.15, 0.2) is 152 Å². The molecule has 5 atom stereocenters. The highest BCUT2D eigenvalue weighted by atomic mass is 16.7. The van der Waals surface area contributed by atoms with Crippen molar-refractivity contribution in [2.45, 2.75) is 56.6 Å². The van der Waals surface area contributed by atoms with E-state index >= 15 is 0 Å². The number of unbranched alkanes of at least 4 members (excludes halogenated alkanes) is 1. The van der Waals surface area contributed by atoms with Crippen LogP contribution in [0.4, 0.5) is 0 Å². The fraction of sp³-hybridized carbons (Fsp3) is 0.239. The van der Waals surface area contributed by atoms with Gasteiger partial charge in [0.25, 0.3) is 0 Å². The first-order valence-corrected chi connectivity index (χ1v) is 18.8. The lowest BCUT2D eigenvalue weighted by atomic mass is 9.97. The molecule has 1 aliphatic heterocycles. The second kappa shape index (κ2) is 21.1. The van der Waals surface area contributed by atoms with Gasteiger partial charge < -0.3 is 33.2 Å². The highest BCUT2D eigenvalue weighted by molar-refractivity contribution is 5.91. The topological polar surface area (TPSA) is 150 Å². The summed E-state index contributed by atoms with van der Waals surface area (Å²) in [4.78, 5) is 66.7. The van der Waals surface area contributed by atoms with Gasteiger partial charge in [-0.1, -0.05) is 103 Å². The maximum Gasteiger partial charge on any atom is 0.338 e. The normalized spacial score (nSPS) is 18.6. The molecule has 5 aromatic rings. The summed E-state index contributed by atoms with van der Waals surface area (Å²) in [5.41, 5.74) is 1.64. The average Bonchev–Trinajstić information content (AvgIpc) is 3.27. The fourth-order valence-corrected chi connectivity index (χ4v) is 6.04. The van der Waals surface area contributed by atoms with Crippen molar-refractivity contribution in [1.82, 2.24) is 0 Å². The van der Waals surface area contributed by atoms with Crippen LogP contribution in [-0.2, 0) is 44.6 Å². The first-order chi connectivity index (χ1) is 28.4. The molecular formula is C46H42O12. The quantitative estimate of drug-likeness (QED) is 0.0534. The third-order valence-corrected chi connectivity index (χ3v) is 9.04. The van der Waals surface area contributed by atoms with Crippen molar-refractivity contribution in [2.75, 3.05) is 13.2 Å². The Balaban J connectivity index is 1.27. The summed E-state index contributed by atoms with van der Waals surface area (Å²) in [5.74, 6) is -3.50. The molecular weight excluding hydrogens is 744 g/mol. The lowest BCUT2D eigenvalue weighted by Gasteiger charge is -2.44. The second-order valence-electron chi connectivity index (χ2n) is 13.2. The van der Waals surface area contributed by atoms with Crippen molar-refractivity contribution in [2.24, 2.45) is 0 Å². The fourth-order valence-electron chi connectivity index (χ4n) is 6.04. The summed E-state index contributed by atoms with van der Waals surface area (Å²) in [5, 5.41) is 0. The molecule has 0 saturated carbocycles. The maximum absolute atomic E-state index is 13.8. The van der Waals surface area contributed by atoms with E-state index in [0.29, 0.717) is 12.8 Å². The van der Waals surface area contributed by atoms with Crippen LogP contribution in [0.3, 0.4) is 0 Å². The van der Waals surface area contributed by atoms with Gasteiger partial charge >= 0.3 is 29.8 Å². The van der Waals surface area contributed by atoms with Crippen LogP contribution in [0.2, 0.25) is 0 Å². The lowest BCUT2D eigenvalue weighted by Crippen LogP contribution is -2.63. The van der Waals surface area contributed by atoms with E-state index in [4.69, 9.17) is 33.2 Å². The number of hydrogen-bond donors (Lipinski definition) is 0. The summed E-state index contributed by atoms with van der Waals surface area (Å²) in [6, 6.07) is 41.9. The van der Waals surface area contributed by atoms with Crippen molar-refractivity contribution < 1.29 is 57.1 Å². The molecule has 0 N–H and O–H groups in total. The molecule has 58 heavy (non-hydrogen) atoms. The third-order valence-electron chi connectivity index (χ3n) is 9.04. The molecule has 12 heteroatoms. The summed E-state index contributed by atoms with van der Waals surface area (Å²) < 4.78 is 41.8. The number of hydrogen-bond acceptors (Lipinski definition) is 12. The van der Waals surface area contributed by atoms with Crippen LogP contribution in [0.1, 0.15) is 66.3 Å². The Kier molecular flexibility index (Phi) is 14.9. The van der Waals surface area contributed by atoms with Crippen LogP contribution in [0.5, 0.6) is 0 Å². The van der Waals surface area contributed by atoms with E-state index < -0.39 is 61.2 Å². The van der Waals surface area contributed by atoms with Crippen LogP contribution in [-0.4, -0.2) is 73.8 Å². The Morgan fingerprint density at radius 2 is 0.897 bits per heavy atom. The molecule has 1 saturated heterocycles. The van der Waals surface area contributed by atoms with Crippen molar-refractivity contribution in [3.63, 3.8) is 0 Å². The first kappa shape index (κ1) is 41.0. The lowest BCUT2D eigenvalue weighted by molar-refractivity contribution is -0.298. The van der Waals surface area contributed by atoms with Gasteiger partial charge in [0.1, 0.15) is 19.3 Å². The van der Waals surface area contributed by atoms with E-state index in [1.807, 2.05) is 30.3 Å². The van der Waals surface area contributed by atoms with Gasteiger partial charge in [-0.15, -0.1) is 0 Å². The van der Waals surface area contributed by atoms with Gasteiger partial charge in [0.15, 0.2) is 24.6 Å². The molecule has 0 aromatic heterocycles. The second-order valence-corrected chi connectivity index (χ2v) is 13.2. The van der Waals surface area contributed by atoms with Crippen LogP contribution < -0.4 is 0 Å². The molecule has 1 fully saturated rings. The van der Waals surface area contributed by atoms with Gasteiger partial charge in [-0.3, -0.25) is 4.79 Å². The van der Waals surface area contributed by atoms with Gasteiger partial charge in [0.2, 0.25) is 0 Å². The third kappa shape index (κ3) is 11.7. The molecule has 0 spiro atoms. The Morgan fingerprint density at radius 1 is 0.466 bits per heavy atom. The predicted molar refractivity (Wildman–Crippen MR) is 208 cm³/mol. The molecule has 5 aromatic carbocycles. The van der Waals surface area contributed by atoms with Crippen molar-refractivity contribution >= 4 is 29.8 Å². The summed E-state index contributed by atoms with van der Waals surface area (Å²) in [6.45, 7) is -0.331. The minimum Gasteiger partial charge on any atom is -0.461 e. The number of benzene rings is 5. The van der Waals surface area contributed by atoms with Gasteiger partial charge in [-0.25, -0.2) is 19.2 Å². The molecule has 1 aliphatic rings. The van der Waals surface area contributed by atoms with Crippen molar-refractivity contribution in [3.05, 3.63) is 179 Å². The molecule has 12 nitrogen and oxygen atoms in total. The number of carbonyl (C=O) groups is 5. The van der Waals surface area contributed by atoms with E-state index in [1.54, 1.807) is 97.1 Å². The molecule has 0 radical (unpaired) electrons. The highest BCUT2D eigenvalue weighted by Crippen LogP contribution is 2.32. The summed E-state index contributed by atoms with van der Waals surface area (Å²) in [6.07, 6.45) is -6.41. The minimum absolute atomic E-state index is 0.000361. The molecule has 0 aliphatic carbocycles. The Morgan fingerprint density at radius 3 is 1.40 bits per heavy atom. The SMILES string of the molecule is O=C(CCCCO[C@@H]1OC(COC(=O)c2ccccc2)[C@H](OC(=O)c2ccccc2)[C@H](OC(=O)c2ccccc2)C1OC(=O)c1ccccc1)OCc1ccccc1. The largest absolute Gasteiger partial charge is 0.461 e. The number of esters is 5. The molecule has 1 heterocycles. The smallest absolute Gasteiger partial charge is 0.338 e. The number of ether oxygens (including phenoxy) is 7. The van der Waals surface area contributed by atoms with E-state index in [2.05, 4.69) is 0 Å². The molecule has 0 bridgehead atoms. The molecule has 0 amide bonds. The van der Waals surface area contributed by atoms with E-state index in [0.717, 1.165) is 5.56 Å². The van der Waals surface area contributed by atoms with Gasteiger partial charge in [0, 0.05) is 13.0 Å². The highest BCUT2D eigenvalue weighted by Gasteiger charge is 2.53. The predicted octanol–water partition coefficient (Wildman–Crippen LogP) is 7.18. The molecule has 2 unspecified atom stereocenters. The van der Waals surface area contributed by atoms with Gasteiger partial charge in [-0.05, 0) is 66.9 Å². The van der Waals surface area contributed by atoms with E-state index in [1.165, 1.54) is 24.3 Å². The Labute approximate surface area is 335 Å². The zero-order chi connectivity index (χ0) is 40.5. The first-order valence-electron chi connectivity index (χ1n) is 18.8. The molecule has 6 rings (SSSR count). The van der Waals surface area contributed by atoms with Crippen LogP contribution >= 0.6 is 0 Å². The summed E-state index contributed by atoms with van der Waals surface area (Å²) in [7, 11) is 0. The zero-order valence-corrected chi connectivity index (χ0v) is 31.5. The minimum atomic E-state index is -1.54. The maximum atomic E-state index is 13.8. The standard InChI is InChI=1S/C46H42O12/c47-38(53-30-32-18-6-1-7-19-32)28-16-17-29-52-46-41(58-45(51)36-26-14-5-15-27-36)40(57-44(50)35-24-12-4-13-25-35)39(56-43(49)34-22-10-3-11-23-34)37(55-46)31-54-42(48)33-20-8-2-9-21-33/h1-15,18-27,37,39-41,46H,16-17,28-31H2/t37?,39-,40-,41?,46+/m0/s1. The van der Waals surface area contributed by atoms with Crippen molar-refractivity contribution in [1.29, 1.82) is 0 Å². The number of carbonyl (C=O) groups excluding carboxylic acids is 5.